The van der Waals surface area contributed by atoms with E-state index < -0.39 is 0 Å². The Balaban J connectivity index is 1.21. The third kappa shape index (κ3) is 6.63. The van der Waals surface area contributed by atoms with Gasteiger partial charge in [-0.2, -0.15) is 0 Å². The van der Waals surface area contributed by atoms with E-state index in [0.29, 0.717) is 0 Å². The largest absolute Gasteiger partial charge is 0.139 e. The van der Waals surface area contributed by atoms with Crippen molar-refractivity contribution in [2.75, 3.05) is 0 Å². The second kappa shape index (κ2) is 13.3. The van der Waals surface area contributed by atoms with Gasteiger partial charge in [0, 0.05) is 20.5 Å². The second-order valence-corrected chi connectivity index (χ2v) is 18.3. The lowest BCUT2D eigenvalue weighted by Crippen LogP contribution is -1.98. The Hall–Kier alpha value is -1.46. The maximum absolute atomic E-state index is 2.48. The van der Waals surface area contributed by atoms with E-state index in [2.05, 4.69) is 101 Å². The summed E-state index contributed by atoms with van der Waals surface area (Å²) in [5.74, 6) is 3.30. The predicted molar refractivity (Wildman–Crippen MR) is 198 cm³/mol. The molecule has 2 aromatic carbocycles. The fourth-order valence-electron chi connectivity index (χ4n) is 6.53. The first-order chi connectivity index (χ1) is 20.3. The number of hydrogen-bond donors (Lipinski definition) is 0. The van der Waals surface area contributed by atoms with Crippen molar-refractivity contribution in [1.29, 1.82) is 0 Å². The summed E-state index contributed by atoms with van der Waals surface area (Å²) < 4.78 is 9.05. The molecule has 2 unspecified atom stereocenters. The Labute approximate surface area is 269 Å². The molecule has 6 rings (SSSR count). The normalized spacial score (nSPS) is 14.2. The average Bonchev–Trinajstić information content (AvgIpc) is 3.70. The second-order valence-electron chi connectivity index (χ2n) is 13.9. The fraction of sp³-hybridized carbons (Fsp3) is 0.526. The SMILES string of the molecule is CC(C)CCCC(C)CCc1cc2ccc3c(sc4c5ccc6cc(CCC(C)CCCC(C)C)sc6c5sc34)c2s1. The van der Waals surface area contributed by atoms with Gasteiger partial charge in [-0.05, 0) is 72.3 Å². The third-order valence-corrected chi connectivity index (χ3v) is 14.6. The molecular weight excluding hydrogens is 585 g/mol. The van der Waals surface area contributed by atoms with Crippen LogP contribution in [0.25, 0.3) is 49.7 Å². The van der Waals surface area contributed by atoms with Crippen molar-refractivity contribution in [3.05, 3.63) is 46.2 Å². The Morgan fingerprint density at radius 1 is 0.452 bits per heavy atom. The van der Waals surface area contributed by atoms with Gasteiger partial charge in [-0.1, -0.05) is 104 Å². The summed E-state index contributed by atoms with van der Waals surface area (Å²) >= 11 is 8.20. The molecule has 4 heteroatoms. The highest BCUT2D eigenvalue weighted by Gasteiger charge is 2.18. The lowest BCUT2D eigenvalue weighted by molar-refractivity contribution is 0.437. The predicted octanol–water partition coefficient (Wildman–Crippen LogP) is 14.5. The van der Waals surface area contributed by atoms with E-state index in [1.54, 1.807) is 9.75 Å². The summed E-state index contributed by atoms with van der Waals surface area (Å²) in [6.45, 7) is 14.3. The van der Waals surface area contributed by atoms with Gasteiger partial charge in [0.2, 0.25) is 0 Å². The number of fused-ring (bicyclic) bond motifs is 9. The lowest BCUT2D eigenvalue weighted by atomic mass is 9.96. The monoisotopic (exact) mass is 632 g/mol. The maximum atomic E-state index is 2.48. The fourth-order valence-corrected chi connectivity index (χ4v) is 12.0. The van der Waals surface area contributed by atoms with Crippen LogP contribution in [0.3, 0.4) is 0 Å². The summed E-state index contributed by atoms with van der Waals surface area (Å²) in [6, 6.07) is 14.6. The van der Waals surface area contributed by atoms with Gasteiger partial charge in [0.25, 0.3) is 0 Å². The third-order valence-electron chi connectivity index (χ3n) is 9.21. The van der Waals surface area contributed by atoms with E-state index in [4.69, 9.17) is 0 Å². The molecule has 0 saturated carbocycles. The Bertz CT molecular complexity index is 1650. The zero-order valence-electron chi connectivity index (χ0n) is 26.5. The minimum absolute atomic E-state index is 0.820. The molecule has 0 fully saturated rings. The van der Waals surface area contributed by atoms with E-state index in [9.17, 15) is 0 Å². The van der Waals surface area contributed by atoms with Crippen LogP contribution in [0.5, 0.6) is 0 Å². The van der Waals surface area contributed by atoms with Crippen molar-refractivity contribution in [2.45, 2.75) is 106 Å². The van der Waals surface area contributed by atoms with E-state index in [1.165, 1.54) is 114 Å². The Kier molecular flexibility index (Phi) is 9.65. The molecule has 2 atom stereocenters. The number of rotatable bonds is 14. The first kappa shape index (κ1) is 30.6. The highest BCUT2D eigenvalue weighted by atomic mass is 32.1. The molecule has 0 nitrogen and oxygen atoms in total. The molecule has 0 aliphatic heterocycles. The van der Waals surface area contributed by atoms with Gasteiger partial charge in [0.15, 0.2) is 0 Å². The maximum Gasteiger partial charge on any atom is 0.0543 e. The van der Waals surface area contributed by atoms with E-state index in [1.807, 2.05) is 22.7 Å². The van der Waals surface area contributed by atoms with Crippen molar-refractivity contribution in [2.24, 2.45) is 23.7 Å². The topological polar surface area (TPSA) is 0 Å². The molecule has 0 N–H and O–H groups in total. The molecule has 42 heavy (non-hydrogen) atoms. The molecule has 0 aliphatic carbocycles. The van der Waals surface area contributed by atoms with Crippen LogP contribution in [-0.4, -0.2) is 0 Å². The number of thiophene rings is 4. The van der Waals surface area contributed by atoms with Gasteiger partial charge >= 0.3 is 0 Å². The molecular formula is C38H48S4. The van der Waals surface area contributed by atoms with Gasteiger partial charge in [-0.15, -0.1) is 45.3 Å². The van der Waals surface area contributed by atoms with Crippen LogP contribution in [0, 0.1) is 23.7 Å². The summed E-state index contributed by atoms with van der Waals surface area (Å²) in [4.78, 5) is 3.13. The smallest absolute Gasteiger partial charge is 0.0543 e. The first-order valence-corrected chi connectivity index (χ1v) is 19.7. The molecule has 4 heterocycles. The van der Waals surface area contributed by atoms with Crippen molar-refractivity contribution in [3.63, 3.8) is 0 Å². The lowest BCUT2D eigenvalue weighted by Gasteiger charge is -2.11. The highest BCUT2D eigenvalue weighted by Crippen LogP contribution is 2.50. The van der Waals surface area contributed by atoms with Crippen LogP contribution in [0.2, 0.25) is 0 Å². The Morgan fingerprint density at radius 2 is 0.857 bits per heavy atom. The molecule has 0 radical (unpaired) electrons. The molecule has 0 spiro atoms. The molecule has 0 aliphatic rings. The average molecular weight is 633 g/mol. The van der Waals surface area contributed by atoms with Crippen LogP contribution < -0.4 is 0 Å². The van der Waals surface area contributed by atoms with Crippen LogP contribution in [0.15, 0.2) is 36.4 Å². The number of aryl methyl sites for hydroxylation is 2. The Morgan fingerprint density at radius 3 is 1.26 bits per heavy atom. The van der Waals surface area contributed by atoms with Crippen molar-refractivity contribution >= 4 is 95.1 Å². The summed E-state index contributed by atoms with van der Waals surface area (Å²) in [7, 11) is 0. The summed E-state index contributed by atoms with van der Waals surface area (Å²) in [6.07, 6.45) is 13.3. The van der Waals surface area contributed by atoms with Crippen molar-refractivity contribution < 1.29 is 0 Å². The zero-order chi connectivity index (χ0) is 29.4. The zero-order valence-corrected chi connectivity index (χ0v) is 29.7. The number of benzene rings is 2. The molecule has 0 amide bonds. The van der Waals surface area contributed by atoms with Crippen LogP contribution >= 0.6 is 45.3 Å². The standard InChI is InChI=1S/C38H48S4/c1-23(2)9-7-11-25(5)13-17-29-21-27-15-19-31-35(33(27)39-29)41-38-32-20-16-28-22-30(40-34(28)36(32)42-37(31)38)18-14-26(6)12-8-10-24(3)4/h15-16,19-26H,7-14,17-18H2,1-6H3. The van der Waals surface area contributed by atoms with E-state index in [0.717, 1.165) is 23.7 Å². The van der Waals surface area contributed by atoms with E-state index >= 15 is 0 Å². The molecule has 224 valence electrons. The summed E-state index contributed by atoms with van der Waals surface area (Å²) in [5, 5.41) is 5.83. The quantitative estimate of drug-likeness (QED) is 0.112. The molecule has 6 aromatic rings. The van der Waals surface area contributed by atoms with Gasteiger partial charge in [0.1, 0.15) is 0 Å². The van der Waals surface area contributed by atoms with Crippen LogP contribution in [0.4, 0.5) is 0 Å². The highest BCUT2D eigenvalue weighted by molar-refractivity contribution is 7.39. The van der Waals surface area contributed by atoms with Gasteiger partial charge in [0.05, 0.1) is 28.2 Å². The molecule has 0 saturated heterocycles. The van der Waals surface area contributed by atoms with Crippen molar-refractivity contribution in [3.8, 4) is 0 Å². The van der Waals surface area contributed by atoms with Gasteiger partial charge in [-0.3, -0.25) is 0 Å². The van der Waals surface area contributed by atoms with Crippen molar-refractivity contribution in [1.82, 2.24) is 0 Å². The minimum atomic E-state index is 0.820. The molecule has 4 aromatic heterocycles. The number of hydrogen-bond acceptors (Lipinski definition) is 4. The first-order valence-electron chi connectivity index (χ1n) is 16.5. The minimum Gasteiger partial charge on any atom is -0.139 e. The van der Waals surface area contributed by atoms with E-state index in [-0.39, 0.29) is 0 Å². The summed E-state index contributed by atoms with van der Waals surface area (Å²) in [5.41, 5.74) is 0. The van der Waals surface area contributed by atoms with Gasteiger partial charge in [-0.25, -0.2) is 0 Å². The van der Waals surface area contributed by atoms with Gasteiger partial charge < -0.3 is 0 Å². The molecule has 0 bridgehead atoms. The van der Waals surface area contributed by atoms with Crippen LogP contribution in [0.1, 0.15) is 103 Å². The van der Waals surface area contributed by atoms with Crippen LogP contribution in [-0.2, 0) is 12.8 Å².